The molecule has 11 heteroatoms. The zero-order valence-electron chi connectivity index (χ0n) is 19.1. The van der Waals surface area contributed by atoms with Crippen LogP contribution in [0.1, 0.15) is 11.5 Å². The minimum absolute atomic E-state index is 0.0160. The van der Waals surface area contributed by atoms with Gasteiger partial charge in [-0.3, -0.25) is 4.79 Å². The van der Waals surface area contributed by atoms with Gasteiger partial charge in [0.2, 0.25) is 27.6 Å². The van der Waals surface area contributed by atoms with E-state index >= 15 is 0 Å². The number of likely N-dealkylation sites (N-methyl/N-ethyl adjacent to an activating group) is 2. The lowest BCUT2D eigenvalue weighted by molar-refractivity contribution is -0.130. The van der Waals surface area contributed by atoms with Gasteiger partial charge in [-0.25, -0.2) is 8.42 Å². The van der Waals surface area contributed by atoms with Crippen molar-refractivity contribution in [3.8, 4) is 22.9 Å². The van der Waals surface area contributed by atoms with E-state index < -0.39 is 15.9 Å². The number of methoxy groups -OCH3 is 2. The fourth-order valence-electron chi connectivity index (χ4n) is 2.98. The van der Waals surface area contributed by atoms with Gasteiger partial charge in [0, 0.05) is 25.7 Å². The SMILES string of the molecule is COc1ccc(S(=O)(=O)N(C)CC(=O)N(C)Cc2nc(-c3ccc(C)cc3)no2)cc1OC. The molecule has 0 N–H and O–H groups in total. The van der Waals surface area contributed by atoms with Crippen LogP contribution in [0.5, 0.6) is 11.5 Å². The van der Waals surface area contributed by atoms with E-state index in [-0.39, 0.29) is 29.6 Å². The predicted molar refractivity (Wildman–Crippen MR) is 120 cm³/mol. The maximum absolute atomic E-state index is 12.9. The Balaban J connectivity index is 1.66. The molecule has 1 heterocycles. The predicted octanol–water partition coefficient (Wildman–Crippen LogP) is 2.34. The van der Waals surface area contributed by atoms with Gasteiger partial charge in [0.1, 0.15) is 0 Å². The second-order valence-corrected chi connectivity index (χ2v) is 9.45. The molecule has 2 aromatic carbocycles. The number of carbonyl (C=O) groups excluding carboxylic acids is 1. The quantitative estimate of drug-likeness (QED) is 0.464. The summed E-state index contributed by atoms with van der Waals surface area (Å²) in [5, 5.41) is 3.95. The average Bonchev–Trinajstić information content (AvgIpc) is 3.27. The molecule has 0 atom stereocenters. The van der Waals surface area contributed by atoms with E-state index in [9.17, 15) is 13.2 Å². The second-order valence-electron chi connectivity index (χ2n) is 7.41. The van der Waals surface area contributed by atoms with Crippen molar-refractivity contribution in [2.45, 2.75) is 18.4 Å². The zero-order chi connectivity index (χ0) is 24.2. The molecule has 0 saturated heterocycles. The number of ether oxygens (including phenoxy) is 2. The third kappa shape index (κ3) is 5.49. The number of benzene rings is 2. The van der Waals surface area contributed by atoms with Gasteiger partial charge in [0.15, 0.2) is 11.5 Å². The highest BCUT2D eigenvalue weighted by Gasteiger charge is 2.26. The highest BCUT2D eigenvalue weighted by atomic mass is 32.2. The monoisotopic (exact) mass is 474 g/mol. The molecule has 3 aromatic rings. The van der Waals surface area contributed by atoms with Gasteiger partial charge in [0.25, 0.3) is 0 Å². The van der Waals surface area contributed by atoms with Crippen LogP contribution < -0.4 is 9.47 Å². The van der Waals surface area contributed by atoms with E-state index in [2.05, 4.69) is 10.1 Å². The Bertz CT molecular complexity index is 1220. The molecule has 0 radical (unpaired) electrons. The summed E-state index contributed by atoms with van der Waals surface area (Å²) in [6, 6.07) is 11.9. The molecule has 10 nitrogen and oxygen atoms in total. The molecule has 0 aliphatic heterocycles. The number of aryl methyl sites for hydroxylation is 1. The van der Waals surface area contributed by atoms with Crippen molar-refractivity contribution in [3.63, 3.8) is 0 Å². The molecule has 3 rings (SSSR count). The first-order chi connectivity index (χ1) is 15.6. The summed E-state index contributed by atoms with van der Waals surface area (Å²) in [5.41, 5.74) is 1.91. The number of nitrogens with zero attached hydrogens (tertiary/aromatic N) is 4. The zero-order valence-corrected chi connectivity index (χ0v) is 19.9. The molecule has 0 bridgehead atoms. The van der Waals surface area contributed by atoms with Crippen LogP contribution in [0.2, 0.25) is 0 Å². The van der Waals surface area contributed by atoms with Crippen molar-refractivity contribution < 1.29 is 27.2 Å². The van der Waals surface area contributed by atoms with Crippen molar-refractivity contribution in [2.75, 3.05) is 34.9 Å². The maximum atomic E-state index is 12.9. The van der Waals surface area contributed by atoms with Gasteiger partial charge in [-0.2, -0.15) is 9.29 Å². The molecule has 176 valence electrons. The minimum atomic E-state index is -3.93. The normalized spacial score (nSPS) is 11.5. The van der Waals surface area contributed by atoms with Crippen molar-refractivity contribution in [1.82, 2.24) is 19.3 Å². The largest absolute Gasteiger partial charge is 0.493 e. The van der Waals surface area contributed by atoms with Gasteiger partial charge < -0.3 is 18.9 Å². The van der Waals surface area contributed by atoms with Gasteiger partial charge in [-0.1, -0.05) is 35.0 Å². The van der Waals surface area contributed by atoms with Gasteiger partial charge in [-0.05, 0) is 19.1 Å². The lowest BCUT2D eigenvalue weighted by atomic mass is 10.1. The van der Waals surface area contributed by atoms with Crippen LogP contribution in [0.4, 0.5) is 0 Å². The van der Waals surface area contributed by atoms with Crippen molar-refractivity contribution in [3.05, 3.63) is 53.9 Å². The van der Waals surface area contributed by atoms with E-state index in [1.165, 1.54) is 51.4 Å². The standard InChI is InChI=1S/C22H26N4O6S/c1-15-6-8-16(9-7-15)22-23-20(32-24-22)13-25(2)21(27)14-26(3)33(28,29)17-10-11-18(30-4)19(12-17)31-5/h6-12H,13-14H2,1-5H3. The Morgan fingerprint density at radius 3 is 2.33 bits per heavy atom. The van der Waals surface area contributed by atoms with E-state index in [4.69, 9.17) is 14.0 Å². The molecule has 1 aromatic heterocycles. The Kier molecular flexibility index (Phi) is 7.34. The first-order valence-corrected chi connectivity index (χ1v) is 11.4. The van der Waals surface area contributed by atoms with Gasteiger partial charge >= 0.3 is 0 Å². The van der Waals surface area contributed by atoms with E-state index in [1.807, 2.05) is 31.2 Å². The number of aromatic nitrogens is 2. The molecule has 0 spiro atoms. The summed E-state index contributed by atoms with van der Waals surface area (Å²) < 4.78 is 42.4. The lowest BCUT2D eigenvalue weighted by Gasteiger charge is -2.21. The molecule has 33 heavy (non-hydrogen) atoms. The lowest BCUT2D eigenvalue weighted by Crippen LogP contribution is -2.39. The van der Waals surface area contributed by atoms with Crippen molar-refractivity contribution in [1.29, 1.82) is 0 Å². The summed E-state index contributed by atoms with van der Waals surface area (Å²) in [5.74, 6) is 0.901. The van der Waals surface area contributed by atoms with Crippen molar-refractivity contribution >= 4 is 15.9 Å². The van der Waals surface area contributed by atoms with Crippen LogP contribution in [-0.2, 0) is 21.4 Å². The first kappa shape index (κ1) is 24.2. The fourth-order valence-corrected chi connectivity index (χ4v) is 4.12. The maximum Gasteiger partial charge on any atom is 0.246 e. The van der Waals surface area contributed by atoms with Crippen LogP contribution in [0, 0.1) is 6.92 Å². The smallest absolute Gasteiger partial charge is 0.246 e. The number of amides is 1. The first-order valence-electron chi connectivity index (χ1n) is 9.97. The number of rotatable bonds is 9. The topological polar surface area (TPSA) is 115 Å². The van der Waals surface area contributed by atoms with Crippen molar-refractivity contribution in [2.24, 2.45) is 0 Å². The Morgan fingerprint density at radius 2 is 1.70 bits per heavy atom. The Hall–Kier alpha value is -3.44. The number of carbonyl (C=O) groups is 1. The van der Waals surface area contributed by atoms with Crippen LogP contribution in [0.15, 0.2) is 51.9 Å². The summed E-state index contributed by atoms with van der Waals surface area (Å²) in [7, 11) is 1.81. The highest BCUT2D eigenvalue weighted by molar-refractivity contribution is 7.89. The van der Waals surface area contributed by atoms with Crippen LogP contribution in [0.3, 0.4) is 0 Å². The molecule has 0 aliphatic carbocycles. The van der Waals surface area contributed by atoms with E-state index in [0.717, 1.165) is 15.4 Å². The molecule has 1 amide bonds. The molecule has 0 unspecified atom stereocenters. The van der Waals surface area contributed by atoms with E-state index in [1.54, 1.807) is 0 Å². The summed E-state index contributed by atoms with van der Waals surface area (Å²) >= 11 is 0. The molecule has 0 fully saturated rings. The summed E-state index contributed by atoms with van der Waals surface area (Å²) in [6.07, 6.45) is 0. The minimum Gasteiger partial charge on any atom is -0.493 e. The number of hydrogen-bond donors (Lipinski definition) is 0. The van der Waals surface area contributed by atoms with E-state index in [0.29, 0.717) is 11.6 Å². The second kappa shape index (κ2) is 10.0. The Labute approximate surface area is 192 Å². The van der Waals surface area contributed by atoms with Gasteiger partial charge in [-0.15, -0.1) is 0 Å². The van der Waals surface area contributed by atoms with Crippen LogP contribution >= 0.6 is 0 Å². The number of hydrogen-bond acceptors (Lipinski definition) is 8. The average molecular weight is 475 g/mol. The number of sulfonamides is 1. The third-order valence-electron chi connectivity index (χ3n) is 5.00. The van der Waals surface area contributed by atoms with Gasteiger partial charge in [0.05, 0.1) is 32.2 Å². The molecule has 0 aliphatic rings. The Morgan fingerprint density at radius 1 is 1.03 bits per heavy atom. The van der Waals surface area contributed by atoms with Crippen LogP contribution in [0.25, 0.3) is 11.4 Å². The fraction of sp³-hybridized carbons (Fsp3) is 0.318. The highest BCUT2D eigenvalue weighted by Crippen LogP contribution is 2.30. The third-order valence-corrected chi connectivity index (χ3v) is 6.80. The molecular weight excluding hydrogens is 448 g/mol. The molecule has 0 saturated carbocycles. The van der Waals surface area contributed by atoms with Crippen LogP contribution in [-0.4, -0.2) is 68.5 Å². The summed E-state index contributed by atoms with van der Waals surface area (Å²) in [6.45, 7) is 1.66. The molecular formula is C22H26N4O6S. The summed E-state index contributed by atoms with van der Waals surface area (Å²) in [4.78, 5) is 18.3.